The fraction of sp³-hybridized carbons (Fsp3) is 0.788. The minimum Gasteiger partial charge on any atom is -0.482 e. The summed E-state index contributed by atoms with van der Waals surface area (Å²) < 4.78 is 6.73. The van der Waals surface area contributed by atoms with Crippen LogP contribution in [0.15, 0.2) is 29.3 Å². The number of hydrogen-bond donors (Lipinski definition) is 0. The van der Waals surface area contributed by atoms with Crippen molar-refractivity contribution in [2.24, 2.45) is 57.2 Å². The van der Waals surface area contributed by atoms with E-state index in [0.29, 0.717) is 16.7 Å². The van der Waals surface area contributed by atoms with E-state index in [1.807, 2.05) is 0 Å². The van der Waals surface area contributed by atoms with E-state index in [2.05, 4.69) is 58.9 Å². The van der Waals surface area contributed by atoms with Crippen LogP contribution in [-0.2, 0) is 0 Å². The van der Waals surface area contributed by atoms with E-state index < -0.39 is 0 Å². The molecule has 0 saturated heterocycles. The van der Waals surface area contributed by atoms with Crippen molar-refractivity contribution in [2.75, 3.05) is 0 Å². The van der Waals surface area contributed by atoms with Gasteiger partial charge in [-0.05, 0) is 110 Å². The highest BCUT2D eigenvalue weighted by molar-refractivity contribution is 5.94. The molecule has 192 valence electrons. The van der Waals surface area contributed by atoms with Crippen LogP contribution in [0.5, 0.6) is 5.75 Å². The molecule has 0 aromatic heterocycles. The summed E-state index contributed by atoms with van der Waals surface area (Å²) in [5.41, 5.74) is 3.38. The fourth-order valence-electron chi connectivity index (χ4n) is 10.4. The lowest BCUT2D eigenvalue weighted by Gasteiger charge is -2.62. The highest BCUT2D eigenvalue weighted by Gasteiger charge is 2.62. The number of rotatable bonds is 5. The number of aliphatic imine (C=N–C) groups is 1. The summed E-state index contributed by atoms with van der Waals surface area (Å²) in [7, 11) is 0. The van der Waals surface area contributed by atoms with Crippen LogP contribution in [0.25, 0.3) is 0 Å². The van der Waals surface area contributed by atoms with E-state index in [-0.39, 0.29) is 6.10 Å². The molecular weight excluding hydrogens is 426 g/mol. The van der Waals surface area contributed by atoms with Crippen LogP contribution in [0.1, 0.15) is 105 Å². The smallest absolute Gasteiger partial charge is 0.145 e. The van der Waals surface area contributed by atoms with Gasteiger partial charge in [0.2, 0.25) is 0 Å². The Morgan fingerprint density at radius 2 is 1.66 bits per heavy atom. The molecule has 1 aromatic rings. The van der Waals surface area contributed by atoms with Gasteiger partial charge in [0.15, 0.2) is 0 Å². The van der Waals surface area contributed by atoms with Gasteiger partial charge in [-0.25, -0.2) is 0 Å². The van der Waals surface area contributed by atoms with E-state index in [1.54, 1.807) is 0 Å². The van der Waals surface area contributed by atoms with Crippen LogP contribution >= 0.6 is 0 Å². The minimum atomic E-state index is 0.218. The third kappa shape index (κ3) is 3.83. The molecule has 2 heteroatoms. The summed E-state index contributed by atoms with van der Waals surface area (Å²) in [5, 5.41) is 0. The summed E-state index contributed by atoms with van der Waals surface area (Å²) in [5.74, 6) is 7.14. The van der Waals surface area contributed by atoms with Gasteiger partial charge in [-0.2, -0.15) is 0 Å². The zero-order valence-electron chi connectivity index (χ0n) is 23.1. The molecule has 1 aliphatic heterocycles. The number of para-hydroxylation sites is 2. The molecule has 0 unspecified atom stereocenters. The normalized spacial score (nSPS) is 42.6. The first kappa shape index (κ1) is 24.1. The molecule has 0 bridgehead atoms. The molecule has 6 rings (SSSR count). The van der Waals surface area contributed by atoms with Gasteiger partial charge in [0.1, 0.15) is 17.5 Å². The van der Waals surface area contributed by atoms with Crippen LogP contribution in [0.3, 0.4) is 0 Å². The highest BCUT2D eigenvalue weighted by Crippen LogP contribution is 2.68. The first-order valence-electron chi connectivity index (χ1n) is 15.1. The summed E-state index contributed by atoms with van der Waals surface area (Å²) >= 11 is 0. The van der Waals surface area contributed by atoms with E-state index >= 15 is 0 Å². The summed E-state index contributed by atoms with van der Waals surface area (Å²) in [4.78, 5) is 5.11. The second-order valence-electron chi connectivity index (χ2n) is 14.2. The van der Waals surface area contributed by atoms with Crippen molar-refractivity contribution in [1.82, 2.24) is 0 Å². The molecule has 0 amide bonds. The number of nitrogens with zero attached hydrogens (tertiary/aromatic N) is 1. The van der Waals surface area contributed by atoms with E-state index in [0.717, 1.165) is 53.4 Å². The zero-order chi connectivity index (χ0) is 24.4. The van der Waals surface area contributed by atoms with Gasteiger partial charge in [0, 0.05) is 5.92 Å². The maximum Gasteiger partial charge on any atom is 0.145 e. The Morgan fingerprint density at radius 1 is 0.886 bits per heavy atom. The zero-order valence-corrected chi connectivity index (χ0v) is 23.1. The van der Waals surface area contributed by atoms with Crippen LogP contribution < -0.4 is 4.74 Å². The van der Waals surface area contributed by atoms with Crippen molar-refractivity contribution in [3.05, 3.63) is 24.3 Å². The second kappa shape index (κ2) is 8.91. The molecule has 35 heavy (non-hydrogen) atoms. The van der Waals surface area contributed by atoms with Gasteiger partial charge in [-0.15, -0.1) is 0 Å². The summed E-state index contributed by atoms with van der Waals surface area (Å²) in [6, 6.07) is 8.43. The van der Waals surface area contributed by atoms with Crippen LogP contribution in [0, 0.1) is 52.3 Å². The Bertz CT molecular complexity index is 966. The van der Waals surface area contributed by atoms with Gasteiger partial charge >= 0.3 is 0 Å². The molecule has 0 N–H and O–H groups in total. The third-order valence-electron chi connectivity index (χ3n) is 12.1. The molecule has 4 fully saturated rings. The van der Waals surface area contributed by atoms with Gasteiger partial charge in [-0.3, -0.25) is 4.99 Å². The van der Waals surface area contributed by atoms with Crippen LogP contribution in [0.2, 0.25) is 0 Å². The Labute approximate surface area is 214 Å². The number of benzene rings is 1. The Hall–Kier alpha value is -1.31. The Balaban J connectivity index is 1.20. The van der Waals surface area contributed by atoms with Crippen molar-refractivity contribution in [3.8, 4) is 5.75 Å². The van der Waals surface area contributed by atoms with Crippen molar-refractivity contribution < 1.29 is 4.74 Å². The van der Waals surface area contributed by atoms with Crippen molar-refractivity contribution in [2.45, 2.75) is 111 Å². The lowest BCUT2D eigenvalue weighted by Crippen LogP contribution is -2.59. The lowest BCUT2D eigenvalue weighted by molar-refractivity contribution is -0.122. The van der Waals surface area contributed by atoms with Gasteiger partial charge < -0.3 is 4.74 Å². The van der Waals surface area contributed by atoms with E-state index in [9.17, 15) is 0 Å². The van der Waals surface area contributed by atoms with E-state index in [1.165, 1.54) is 69.9 Å². The largest absolute Gasteiger partial charge is 0.482 e. The molecule has 0 radical (unpaired) electrons. The molecule has 9 atom stereocenters. The second-order valence-corrected chi connectivity index (χ2v) is 14.2. The number of hydrogen-bond acceptors (Lipinski definition) is 2. The average Bonchev–Trinajstić information content (AvgIpc) is 3.19. The molecular formula is C33H49NO. The Kier molecular flexibility index (Phi) is 6.12. The molecule has 1 aromatic carbocycles. The number of ether oxygens (including phenoxy) is 1. The fourth-order valence-corrected chi connectivity index (χ4v) is 10.4. The molecule has 2 nitrogen and oxygen atoms in total. The van der Waals surface area contributed by atoms with Crippen LogP contribution in [-0.4, -0.2) is 11.8 Å². The maximum atomic E-state index is 6.73. The molecule has 1 heterocycles. The minimum absolute atomic E-state index is 0.218. The lowest BCUT2D eigenvalue weighted by atomic mass is 9.44. The van der Waals surface area contributed by atoms with Crippen molar-refractivity contribution >= 4 is 11.4 Å². The highest BCUT2D eigenvalue weighted by atomic mass is 16.5. The topological polar surface area (TPSA) is 21.6 Å². The van der Waals surface area contributed by atoms with Crippen molar-refractivity contribution in [3.63, 3.8) is 0 Å². The molecule has 5 aliphatic rings. The van der Waals surface area contributed by atoms with Gasteiger partial charge in [-0.1, -0.05) is 66.0 Å². The SMILES string of the molecule is CC(C)CCC[C@@H](C)[C@H]1CC[C@H]2[C@@H]3CC[C@@H]4[C@@H]5Oc6ccccc6N=C5CC[C@]4(C)[C@H]3CC[C@]12C. The monoisotopic (exact) mass is 475 g/mol. The third-order valence-corrected chi connectivity index (χ3v) is 12.1. The van der Waals surface area contributed by atoms with Gasteiger partial charge in [0.25, 0.3) is 0 Å². The maximum absolute atomic E-state index is 6.73. The summed E-state index contributed by atoms with van der Waals surface area (Å²) in [6.45, 7) is 12.8. The first-order chi connectivity index (χ1) is 16.8. The van der Waals surface area contributed by atoms with Crippen LogP contribution in [0.4, 0.5) is 5.69 Å². The molecule has 4 saturated carbocycles. The van der Waals surface area contributed by atoms with Crippen molar-refractivity contribution in [1.29, 1.82) is 0 Å². The average molecular weight is 476 g/mol. The van der Waals surface area contributed by atoms with E-state index in [4.69, 9.17) is 9.73 Å². The first-order valence-corrected chi connectivity index (χ1v) is 15.1. The summed E-state index contributed by atoms with van der Waals surface area (Å²) in [6.07, 6.45) is 15.6. The quantitative estimate of drug-likeness (QED) is 0.416. The standard InChI is InChI=1S/C33H49NO/c1-21(2)9-8-10-22(3)24-15-16-25-23-13-14-27-31-29(34-28-11-6-7-12-30(28)35-31)18-20-33(27,5)26(23)17-19-32(24,25)4/h6-7,11-12,21-27,31H,8-10,13-20H2,1-5H3/t22-,23+,24-,25+,26+,27-,31+,32-,33-/m1/s1. The predicted octanol–water partition coefficient (Wildman–Crippen LogP) is 9.25. The number of fused-ring (bicyclic) bond motifs is 8. The van der Waals surface area contributed by atoms with Gasteiger partial charge in [0.05, 0.1) is 5.71 Å². The molecule has 4 aliphatic carbocycles. The molecule has 0 spiro atoms. The predicted molar refractivity (Wildman–Crippen MR) is 146 cm³/mol. The Morgan fingerprint density at radius 3 is 2.49 bits per heavy atom.